The van der Waals surface area contributed by atoms with Crippen molar-refractivity contribution < 1.29 is 0 Å². The summed E-state index contributed by atoms with van der Waals surface area (Å²) < 4.78 is 0. The first kappa shape index (κ1) is 15.9. The molecule has 0 aromatic carbocycles. The fourth-order valence-electron chi connectivity index (χ4n) is 1.82. The maximum absolute atomic E-state index is 3.42. The number of nitrogens with one attached hydrogen (secondary N) is 1. The van der Waals surface area contributed by atoms with Crippen LogP contribution in [0.4, 0.5) is 0 Å². The van der Waals surface area contributed by atoms with Crippen LogP contribution in [0, 0.1) is 5.92 Å². The summed E-state index contributed by atoms with van der Waals surface area (Å²) in [5.41, 5.74) is 0. The zero-order valence-corrected chi connectivity index (χ0v) is 12.1. The van der Waals surface area contributed by atoms with Crippen LogP contribution in [0.2, 0.25) is 0 Å². The van der Waals surface area contributed by atoms with Gasteiger partial charge >= 0.3 is 0 Å². The molecule has 0 saturated carbocycles. The van der Waals surface area contributed by atoms with Gasteiger partial charge in [-0.2, -0.15) is 0 Å². The molecule has 3 heteroatoms. The molecule has 0 aromatic heterocycles. The van der Waals surface area contributed by atoms with E-state index in [2.05, 4.69) is 57.0 Å². The van der Waals surface area contributed by atoms with Crippen LogP contribution in [0.1, 0.15) is 27.2 Å². The quantitative estimate of drug-likeness (QED) is 0.646. The summed E-state index contributed by atoms with van der Waals surface area (Å²) in [6, 6.07) is 0.654. The molecule has 0 radical (unpaired) electrons. The first-order chi connectivity index (χ1) is 7.49. The highest BCUT2D eigenvalue weighted by atomic mass is 15.1. The maximum atomic E-state index is 3.42. The van der Waals surface area contributed by atoms with E-state index in [-0.39, 0.29) is 0 Å². The summed E-state index contributed by atoms with van der Waals surface area (Å²) in [6.07, 6.45) is 1.25. The Morgan fingerprint density at radius 1 is 1.06 bits per heavy atom. The van der Waals surface area contributed by atoms with Crippen LogP contribution >= 0.6 is 0 Å². The minimum Gasteiger partial charge on any atom is -0.317 e. The van der Waals surface area contributed by atoms with Crippen molar-refractivity contribution in [2.24, 2.45) is 5.92 Å². The molecule has 0 rings (SSSR count). The number of nitrogens with zero attached hydrogens (tertiary/aromatic N) is 2. The third kappa shape index (κ3) is 7.20. The van der Waals surface area contributed by atoms with Gasteiger partial charge in [-0.15, -0.1) is 0 Å². The minimum absolute atomic E-state index is 0.654. The second-order valence-corrected chi connectivity index (χ2v) is 5.16. The third-order valence-electron chi connectivity index (χ3n) is 3.35. The van der Waals surface area contributed by atoms with Gasteiger partial charge in [0.2, 0.25) is 0 Å². The molecule has 2 unspecified atom stereocenters. The average Bonchev–Trinajstić information content (AvgIpc) is 2.24. The molecule has 16 heavy (non-hydrogen) atoms. The molecule has 3 nitrogen and oxygen atoms in total. The Morgan fingerprint density at radius 3 is 2.19 bits per heavy atom. The van der Waals surface area contributed by atoms with Crippen molar-refractivity contribution in [3.05, 3.63) is 0 Å². The van der Waals surface area contributed by atoms with E-state index in [1.165, 1.54) is 19.5 Å². The fourth-order valence-corrected chi connectivity index (χ4v) is 1.82. The highest BCUT2D eigenvalue weighted by Gasteiger charge is 2.15. The van der Waals surface area contributed by atoms with Crippen molar-refractivity contribution in [1.82, 2.24) is 15.1 Å². The second kappa shape index (κ2) is 8.97. The summed E-state index contributed by atoms with van der Waals surface area (Å²) in [6.45, 7) is 11.4. The minimum atomic E-state index is 0.654. The summed E-state index contributed by atoms with van der Waals surface area (Å²) in [5.74, 6) is 0.712. The summed E-state index contributed by atoms with van der Waals surface area (Å²) in [7, 11) is 6.51. The Labute approximate surface area is 102 Å². The number of rotatable bonds is 9. The normalized spacial score (nSPS) is 15.8. The Morgan fingerprint density at radius 2 is 1.69 bits per heavy atom. The molecule has 0 bridgehead atoms. The molecule has 98 valence electrons. The van der Waals surface area contributed by atoms with Crippen LogP contribution in [-0.2, 0) is 0 Å². The van der Waals surface area contributed by atoms with Crippen LogP contribution in [0.3, 0.4) is 0 Å². The van der Waals surface area contributed by atoms with Gasteiger partial charge in [-0.1, -0.05) is 13.8 Å². The first-order valence-electron chi connectivity index (χ1n) is 6.54. The van der Waals surface area contributed by atoms with Crippen molar-refractivity contribution in [2.45, 2.75) is 33.2 Å². The van der Waals surface area contributed by atoms with Gasteiger partial charge in [-0.05, 0) is 66.6 Å². The topological polar surface area (TPSA) is 18.5 Å². The Hall–Kier alpha value is -0.120. The molecule has 2 atom stereocenters. The molecular weight excluding hydrogens is 198 g/mol. The molecule has 1 N–H and O–H groups in total. The third-order valence-corrected chi connectivity index (χ3v) is 3.35. The van der Waals surface area contributed by atoms with E-state index in [1.807, 2.05) is 0 Å². The lowest BCUT2D eigenvalue weighted by Crippen LogP contribution is -2.40. The van der Waals surface area contributed by atoms with Gasteiger partial charge in [0.15, 0.2) is 0 Å². The molecule has 0 saturated heterocycles. The van der Waals surface area contributed by atoms with Crippen LogP contribution in [0.25, 0.3) is 0 Å². The van der Waals surface area contributed by atoms with E-state index in [1.54, 1.807) is 0 Å². The highest BCUT2D eigenvalue weighted by Crippen LogP contribution is 2.08. The van der Waals surface area contributed by atoms with Gasteiger partial charge in [-0.3, -0.25) is 0 Å². The smallest absolute Gasteiger partial charge is 0.0102 e. The van der Waals surface area contributed by atoms with Crippen molar-refractivity contribution in [3.63, 3.8) is 0 Å². The molecule has 0 aliphatic heterocycles. The van der Waals surface area contributed by atoms with Gasteiger partial charge in [0.05, 0.1) is 0 Å². The van der Waals surface area contributed by atoms with Crippen molar-refractivity contribution in [1.29, 1.82) is 0 Å². The largest absolute Gasteiger partial charge is 0.317 e. The van der Waals surface area contributed by atoms with Gasteiger partial charge in [0.25, 0.3) is 0 Å². The van der Waals surface area contributed by atoms with Crippen LogP contribution in [-0.4, -0.2) is 63.2 Å². The van der Waals surface area contributed by atoms with E-state index < -0.39 is 0 Å². The van der Waals surface area contributed by atoms with Crippen LogP contribution in [0.5, 0.6) is 0 Å². The van der Waals surface area contributed by atoms with E-state index in [4.69, 9.17) is 0 Å². The second-order valence-electron chi connectivity index (χ2n) is 5.16. The lowest BCUT2D eigenvalue weighted by Gasteiger charge is -2.30. The van der Waals surface area contributed by atoms with Gasteiger partial charge in [-0.25, -0.2) is 0 Å². The monoisotopic (exact) mass is 229 g/mol. The molecule has 0 aliphatic rings. The lowest BCUT2D eigenvalue weighted by atomic mass is 10.0. The first-order valence-corrected chi connectivity index (χ1v) is 6.54. The predicted octanol–water partition coefficient (Wildman–Crippen LogP) is 1.50. The van der Waals surface area contributed by atoms with E-state index in [0.717, 1.165) is 13.1 Å². The summed E-state index contributed by atoms with van der Waals surface area (Å²) >= 11 is 0. The van der Waals surface area contributed by atoms with Gasteiger partial charge in [0, 0.05) is 6.04 Å². The lowest BCUT2D eigenvalue weighted by molar-refractivity contribution is 0.188. The Balaban J connectivity index is 3.74. The SMILES string of the molecule is CCNCC(C)C(C)N(C)CCCN(C)C. The van der Waals surface area contributed by atoms with Crippen LogP contribution < -0.4 is 5.32 Å². The molecule has 0 amide bonds. The number of hydrogen-bond acceptors (Lipinski definition) is 3. The standard InChI is InChI=1S/C13H31N3/c1-7-14-11-12(2)13(3)16(6)10-8-9-15(4)5/h12-14H,7-11H2,1-6H3. The van der Waals surface area contributed by atoms with E-state index in [0.29, 0.717) is 12.0 Å². The molecule has 0 fully saturated rings. The summed E-state index contributed by atoms with van der Waals surface area (Å²) in [5, 5.41) is 3.42. The van der Waals surface area contributed by atoms with E-state index in [9.17, 15) is 0 Å². The van der Waals surface area contributed by atoms with Gasteiger partial charge < -0.3 is 15.1 Å². The molecular formula is C13H31N3. The summed E-state index contributed by atoms with van der Waals surface area (Å²) in [4.78, 5) is 4.73. The van der Waals surface area contributed by atoms with Gasteiger partial charge in [0.1, 0.15) is 0 Å². The zero-order valence-electron chi connectivity index (χ0n) is 12.1. The Bertz CT molecular complexity index is 159. The van der Waals surface area contributed by atoms with Crippen molar-refractivity contribution >= 4 is 0 Å². The maximum Gasteiger partial charge on any atom is 0.0102 e. The molecule has 0 spiro atoms. The van der Waals surface area contributed by atoms with Crippen molar-refractivity contribution in [2.75, 3.05) is 47.3 Å². The van der Waals surface area contributed by atoms with E-state index >= 15 is 0 Å². The number of hydrogen-bond donors (Lipinski definition) is 1. The molecule has 0 aliphatic carbocycles. The van der Waals surface area contributed by atoms with Crippen molar-refractivity contribution in [3.8, 4) is 0 Å². The zero-order chi connectivity index (χ0) is 12.6. The average molecular weight is 229 g/mol. The molecule has 0 aromatic rings. The fraction of sp³-hybridized carbons (Fsp3) is 1.00. The Kier molecular flexibility index (Phi) is 8.90. The van der Waals surface area contributed by atoms with Crippen LogP contribution in [0.15, 0.2) is 0 Å². The molecule has 0 heterocycles. The predicted molar refractivity (Wildman–Crippen MR) is 73.0 cm³/mol. The highest BCUT2D eigenvalue weighted by molar-refractivity contribution is 4.72.